The van der Waals surface area contributed by atoms with Crippen LogP contribution in [0.25, 0.3) is 0 Å². The Bertz CT molecular complexity index is 1160. The zero-order valence-corrected chi connectivity index (χ0v) is 17.6. The highest BCUT2D eigenvalue weighted by Gasteiger charge is 2.23. The molecule has 0 spiro atoms. The van der Waals surface area contributed by atoms with Crippen LogP contribution in [-0.4, -0.2) is 28.5 Å². The summed E-state index contributed by atoms with van der Waals surface area (Å²) in [6, 6.07) is 18.3. The number of hydrogen-bond donors (Lipinski definition) is 2. The van der Waals surface area contributed by atoms with Gasteiger partial charge in [-0.2, -0.15) is 0 Å². The zero-order chi connectivity index (χ0) is 21.7. The lowest BCUT2D eigenvalue weighted by Crippen LogP contribution is -2.19. The molecule has 2 N–H and O–H groups in total. The number of aryl methyl sites for hydroxylation is 1. The molecule has 0 unspecified atom stereocenters. The maximum atomic E-state index is 13.1. The number of rotatable bonds is 7. The molecular weight excluding hydrogens is 404 g/mol. The minimum Gasteiger partial charge on any atom is -0.493 e. The van der Waals surface area contributed by atoms with Crippen molar-refractivity contribution in [2.24, 2.45) is 0 Å². The normalized spacial score (nSPS) is 10.9. The van der Waals surface area contributed by atoms with E-state index in [0.717, 1.165) is 0 Å². The van der Waals surface area contributed by atoms with Gasteiger partial charge in [0, 0.05) is 11.8 Å². The highest BCUT2D eigenvalue weighted by Crippen LogP contribution is 2.33. The number of methoxy groups -OCH3 is 2. The van der Waals surface area contributed by atoms with Crippen molar-refractivity contribution < 1.29 is 22.7 Å². The molecule has 0 heterocycles. The molecule has 0 bridgehead atoms. The summed E-state index contributed by atoms with van der Waals surface area (Å²) in [4.78, 5) is 12.8. The predicted molar refractivity (Wildman–Crippen MR) is 116 cm³/mol. The zero-order valence-electron chi connectivity index (χ0n) is 16.8. The maximum absolute atomic E-state index is 13.1. The molecule has 156 valence electrons. The fourth-order valence-electron chi connectivity index (χ4n) is 2.94. The van der Waals surface area contributed by atoms with Gasteiger partial charge in [-0.1, -0.05) is 30.3 Å². The van der Waals surface area contributed by atoms with Crippen LogP contribution >= 0.6 is 0 Å². The van der Waals surface area contributed by atoms with Gasteiger partial charge in [0.2, 0.25) is 0 Å². The number of sulfonamides is 1. The van der Waals surface area contributed by atoms with E-state index in [-0.39, 0.29) is 16.1 Å². The molecule has 0 aliphatic rings. The average molecular weight is 426 g/mol. The lowest BCUT2D eigenvalue weighted by molar-refractivity contribution is 0.102. The quantitative estimate of drug-likeness (QED) is 0.594. The number of benzene rings is 3. The molecule has 8 heteroatoms. The van der Waals surface area contributed by atoms with Crippen LogP contribution in [0.2, 0.25) is 0 Å². The molecule has 0 aliphatic carbocycles. The Morgan fingerprint density at radius 2 is 1.47 bits per heavy atom. The monoisotopic (exact) mass is 426 g/mol. The summed E-state index contributed by atoms with van der Waals surface area (Å²) >= 11 is 0. The second-order valence-corrected chi connectivity index (χ2v) is 8.09. The molecule has 0 radical (unpaired) electrons. The smallest absolute Gasteiger partial charge is 0.262 e. The highest BCUT2D eigenvalue weighted by molar-refractivity contribution is 7.92. The Balaban J connectivity index is 1.94. The maximum Gasteiger partial charge on any atom is 0.262 e. The van der Waals surface area contributed by atoms with Crippen molar-refractivity contribution in [2.75, 3.05) is 24.3 Å². The first kappa shape index (κ1) is 21.2. The second kappa shape index (κ2) is 8.87. The molecule has 1 amide bonds. The minimum absolute atomic E-state index is 0.0263. The van der Waals surface area contributed by atoms with Crippen LogP contribution < -0.4 is 19.5 Å². The van der Waals surface area contributed by atoms with E-state index in [2.05, 4.69) is 10.0 Å². The molecule has 0 aromatic heterocycles. The number of carbonyl (C=O) groups excluding carboxylic acids is 1. The highest BCUT2D eigenvalue weighted by atomic mass is 32.2. The van der Waals surface area contributed by atoms with Crippen molar-refractivity contribution in [3.05, 3.63) is 77.9 Å². The molecule has 30 heavy (non-hydrogen) atoms. The number of hydrogen-bond acceptors (Lipinski definition) is 5. The summed E-state index contributed by atoms with van der Waals surface area (Å²) in [5, 5.41) is 2.76. The first-order valence-electron chi connectivity index (χ1n) is 9.06. The van der Waals surface area contributed by atoms with E-state index in [4.69, 9.17) is 9.47 Å². The van der Waals surface area contributed by atoms with Crippen molar-refractivity contribution in [2.45, 2.75) is 11.8 Å². The number of nitrogens with one attached hydrogen (secondary N) is 2. The minimum atomic E-state index is -4.00. The van der Waals surface area contributed by atoms with E-state index in [1.54, 1.807) is 55.5 Å². The third-order valence-electron chi connectivity index (χ3n) is 4.42. The lowest BCUT2D eigenvalue weighted by Gasteiger charge is -2.16. The fraction of sp³-hybridized carbons (Fsp3) is 0.136. The SMILES string of the molecule is COc1cc(C)c(S(=O)(=O)Nc2ccccc2C(=O)Nc2ccccc2)cc1OC. The first-order chi connectivity index (χ1) is 14.4. The molecule has 0 atom stereocenters. The average Bonchev–Trinajstić information content (AvgIpc) is 2.74. The van der Waals surface area contributed by atoms with Crippen LogP contribution in [0.1, 0.15) is 15.9 Å². The van der Waals surface area contributed by atoms with E-state index < -0.39 is 15.9 Å². The number of amides is 1. The van der Waals surface area contributed by atoms with Crippen LogP contribution in [-0.2, 0) is 10.0 Å². The van der Waals surface area contributed by atoms with Crippen molar-refractivity contribution >= 4 is 27.3 Å². The Morgan fingerprint density at radius 1 is 0.867 bits per heavy atom. The molecular formula is C22H22N2O5S. The Labute approximate surface area is 175 Å². The van der Waals surface area contributed by atoms with Crippen LogP contribution in [0.3, 0.4) is 0 Å². The lowest BCUT2D eigenvalue weighted by atomic mass is 10.1. The van der Waals surface area contributed by atoms with E-state index in [0.29, 0.717) is 22.7 Å². The standard InChI is InChI=1S/C22H22N2O5S/c1-15-13-19(28-2)20(29-3)14-21(15)30(26,27)24-18-12-8-7-11-17(18)22(25)23-16-9-5-4-6-10-16/h4-14,24H,1-3H3,(H,23,25). The van der Waals surface area contributed by atoms with Gasteiger partial charge in [-0.3, -0.25) is 9.52 Å². The third kappa shape index (κ3) is 4.55. The third-order valence-corrected chi connectivity index (χ3v) is 5.93. The topological polar surface area (TPSA) is 93.7 Å². The van der Waals surface area contributed by atoms with Gasteiger partial charge >= 0.3 is 0 Å². The summed E-state index contributed by atoms with van der Waals surface area (Å²) in [6.45, 7) is 1.66. The molecule has 7 nitrogen and oxygen atoms in total. The van der Waals surface area contributed by atoms with Crippen molar-refractivity contribution in [3.8, 4) is 11.5 Å². The van der Waals surface area contributed by atoms with Gasteiger partial charge in [0.1, 0.15) is 0 Å². The van der Waals surface area contributed by atoms with Crippen LogP contribution in [0, 0.1) is 6.92 Å². The van der Waals surface area contributed by atoms with E-state index >= 15 is 0 Å². The summed E-state index contributed by atoms with van der Waals surface area (Å²) in [6.07, 6.45) is 0. The van der Waals surface area contributed by atoms with Gasteiger partial charge in [-0.15, -0.1) is 0 Å². The van der Waals surface area contributed by atoms with Gasteiger partial charge < -0.3 is 14.8 Å². The Kier molecular flexibility index (Phi) is 6.27. The fourth-order valence-corrected chi connectivity index (χ4v) is 4.26. The molecule has 3 rings (SSSR count). The van der Waals surface area contributed by atoms with E-state index in [1.165, 1.54) is 26.4 Å². The number of carbonyl (C=O) groups is 1. The molecule has 0 aliphatic heterocycles. The largest absolute Gasteiger partial charge is 0.493 e. The first-order valence-corrected chi connectivity index (χ1v) is 10.5. The number of anilines is 2. The summed E-state index contributed by atoms with van der Waals surface area (Å²) in [7, 11) is -1.09. The molecule has 0 saturated heterocycles. The number of ether oxygens (including phenoxy) is 2. The summed E-state index contributed by atoms with van der Waals surface area (Å²) < 4.78 is 39.1. The van der Waals surface area contributed by atoms with Crippen LogP contribution in [0.5, 0.6) is 11.5 Å². The molecule has 3 aromatic rings. The van der Waals surface area contributed by atoms with E-state index in [9.17, 15) is 13.2 Å². The van der Waals surface area contributed by atoms with Crippen LogP contribution in [0.4, 0.5) is 11.4 Å². The molecule has 0 fully saturated rings. The van der Waals surface area contributed by atoms with E-state index in [1.807, 2.05) is 6.07 Å². The second-order valence-electron chi connectivity index (χ2n) is 6.44. The summed E-state index contributed by atoms with van der Waals surface area (Å²) in [5.41, 5.74) is 1.45. The number of para-hydroxylation sites is 2. The van der Waals surface area contributed by atoms with Crippen LogP contribution in [0.15, 0.2) is 71.6 Å². The van der Waals surface area contributed by atoms with Gasteiger partial charge in [-0.25, -0.2) is 8.42 Å². The van der Waals surface area contributed by atoms with Gasteiger partial charge in [0.05, 0.1) is 30.4 Å². The van der Waals surface area contributed by atoms with Crippen molar-refractivity contribution in [1.29, 1.82) is 0 Å². The predicted octanol–water partition coefficient (Wildman–Crippen LogP) is 4.07. The molecule has 3 aromatic carbocycles. The Hall–Kier alpha value is -3.52. The van der Waals surface area contributed by atoms with Gasteiger partial charge in [0.25, 0.3) is 15.9 Å². The van der Waals surface area contributed by atoms with Crippen molar-refractivity contribution in [3.63, 3.8) is 0 Å². The molecule has 0 saturated carbocycles. The Morgan fingerprint density at radius 3 is 2.13 bits per heavy atom. The van der Waals surface area contributed by atoms with Crippen molar-refractivity contribution in [1.82, 2.24) is 0 Å². The summed E-state index contributed by atoms with van der Waals surface area (Å²) in [5.74, 6) is 0.290. The van der Waals surface area contributed by atoms with Gasteiger partial charge in [-0.05, 0) is 42.8 Å². The van der Waals surface area contributed by atoms with Gasteiger partial charge in [0.15, 0.2) is 11.5 Å².